The summed E-state index contributed by atoms with van der Waals surface area (Å²) in [5, 5.41) is 3.26. The molecule has 0 radical (unpaired) electrons. The molecule has 0 spiro atoms. The van der Waals surface area contributed by atoms with E-state index < -0.39 is 12.1 Å². The quantitative estimate of drug-likeness (QED) is 0.528. The summed E-state index contributed by atoms with van der Waals surface area (Å²) >= 11 is 0. The Bertz CT molecular complexity index is 947. The van der Waals surface area contributed by atoms with Gasteiger partial charge in [-0.3, -0.25) is 19.7 Å². The van der Waals surface area contributed by atoms with Gasteiger partial charge in [0.25, 0.3) is 0 Å². The van der Waals surface area contributed by atoms with Crippen molar-refractivity contribution < 1.29 is 23.9 Å². The third kappa shape index (κ3) is 6.65. The largest absolute Gasteiger partial charge is 0.466 e. The number of carbonyl (C=O) groups is 3. The van der Waals surface area contributed by atoms with Crippen LogP contribution in [-0.4, -0.2) is 49.7 Å². The third-order valence-electron chi connectivity index (χ3n) is 5.65. The van der Waals surface area contributed by atoms with Crippen LogP contribution in [0.4, 0.5) is 5.69 Å². The molecule has 7 heteroatoms. The SMILES string of the molecule is CCOC(=O)CCN1C(=O)C(NC(CCc2ccccc2)C(=O)OCC)Cc2ccccc21. The van der Waals surface area contributed by atoms with Crippen molar-refractivity contribution in [2.75, 3.05) is 24.7 Å². The zero-order valence-corrected chi connectivity index (χ0v) is 19.3. The van der Waals surface area contributed by atoms with Crippen molar-refractivity contribution in [3.05, 3.63) is 65.7 Å². The fraction of sp³-hybridized carbons (Fsp3) is 0.423. The van der Waals surface area contributed by atoms with Crippen LogP contribution in [0.25, 0.3) is 0 Å². The Kier molecular flexibility index (Phi) is 9.01. The van der Waals surface area contributed by atoms with Gasteiger partial charge in [-0.05, 0) is 50.3 Å². The van der Waals surface area contributed by atoms with Crippen molar-refractivity contribution in [3.8, 4) is 0 Å². The number of carbonyl (C=O) groups excluding carboxylic acids is 3. The minimum atomic E-state index is -0.615. The molecule has 0 aromatic heterocycles. The number of hydrogen-bond donors (Lipinski definition) is 1. The molecule has 3 rings (SSSR count). The summed E-state index contributed by atoms with van der Waals surface area (Å²) in [7, 11) is 0. The monoisotopic (exact) mass is 452 g/mol. The van der Waals surface area contributed by atoms with E-state index in [4.69, 9.17) is 9.47 Å². The molecule has 2 aromatic carbocycles. The van der Waals surface area contributed by atoms with E-state index in [1.54, 1.807) is 18.7 Å². The fourth-order valence-electron chi connectivity index (χ4n) is 4.07. The molecule has 0 saturated carbocycles. The molecule has 2 atom stereocenters. The second-order valence-electron chi connectivity index (χ2n) is 7.93. The lowest BCUT2D eigenvalue weighted by Crippen LogP contribution is -2.56. The molecule has 1 amide bonds. The fourth-order valence-corrected chi connectivity index (χ4v) is 4.07. The first-order valence-electron chi connectivity index (χ1n) is 11.5. The first-order chi connectivity index (χ1) is 16.0. The lowest BCUT2D eigenvalue weighted by atomic mass is 9.95. The first-order valence-corrected chi connectivity index (χ1v) is 11.5. The number of ether oxygens (including phenoxy) is 2. The summed E-state index contributed by atoms with van der Waals surface area (Å²) in [5.41, 5.74) is 2.90. The lowest BCUT2D eigenvalue weighted by Gasteiger charge is -2.35. The molecular weight excluding hydrogens is 420 g/mol. The zero-order valence-electron chi connectivity index (χ0n) is 19.3. The van der Waals surface area contributed by atoms with E-state index >= 15 is 0 Å². The molecule has 2 unspecified atom stereocenters. The molecule has 0 fully saturated rings. The summed E-state index contributed by atoms with van der Waals surface area (Å²) < 4.78 is 10.3. The predicted molar refractivity (Wildman–Crippen MR) is 126 cm³/mol. The van der Waals surface area contributed by atoms with E-state index in [-0.39, 0.29) is 37.4 Å². The van der Waals surface area contributed by atoms with Crippen LogP contribution in [0, 0.1) is 0 Å². The molecule has 1 aliphatic rings. The van der Waals surface area contributed by atoms with Gasteiger partial charge in [0.1, 0.15) is 6.04 Å². The highest BCUT2D eigenvalue weighted by molar-refractivity contribution is 6.01. The standard InChI is InChI=1S/C26H32N2O5/c1-3-32-24(29)16-17-28-23-13-9-8-12-20(23)18-22(25(28)30)27-21(26(31)33-4-2)15-14-19-10-6-5-7-11-19/h5-13,21-22,27H,3-4,14-18H2,1-2H3. The number of para-hydroxylation sites is 1. The minimum Gasteiger partial charge on any atom is -0.466 e. The van der Waals surface area contributed by atoms with Crippen LogP contribution < -0.4 is 10.2 Å². The number of amides is 1. The number of nitrogens with zero attached hydrogens (tertiary/aromatic N) is 1. The first kappa shape index (κ1) is 24.5. The Labute approximate surface area is 195 Å². The van der Waals surface area contributed by atoms with E-state index in [0.717, 1.165) is 16.8 Å². The van der Waals surface area contributed by atoms with E-state index in [9.17, 15) is 14.4 Å². The number of aryl methyl sites for hydroxylation is 1. The van der Waals surface area contributed by atoms with Gasteiger partial charge in [-0.2, -0.15) is 0 Å². The van der Waals surface area contributed by atoms with Crippen molar-refractivity contribution in [1.29, 1.82) is 0 Å². The van der Waals surface area contributed by atoms with Crippen molar-refractivity contribution in [3.63, 3.8) is 0 Å². The highest BCUT2D eigenvalue weighted by atomic mass is 16.5. The molecule has 0 saturated heterocycles. The molecule has 1 heterocycles. The molecule has 0 bridgehead atoms. The highest BCUT2D eigenvalue weighted by Crippen LogP contribution is 2.28. The minimum absolute atomic E-state index is 0.107. The van der Waals surface area contributed by atoms with Crippen molar-refractivity contribution in [2.45, 2.75) is 51.6 Å². The van der Waals surface area contributed by atoms with E-state index in [0.29, 0.717) is 25.9 Å². The predicted octanol–water partition coefficient (Wildman–Crippen LogP) is 3.05. The maximum absolute atomic E-state index is 13.4. The van der Waals surface area contributed by atoms with Gasteiger partial charge in [-0.15, -0.1) is 0 Å². The Balaban J connectivity index is 1.76. The van der Waals surface area contributed by atoms with Crippen LogP contribution in [0.2, 0.25) is 0 Å². The van der Waals surface area contributed by atoms with E-state index in [1.165, 1.54) is 0 Å². The molecule has 1 aliphatic heterocycles. The second kappa shape index (κ2) is 12.2. The third-order valence-corrected chi connectivity index (χ3v) is 5.65. The van der Waals surface area contributed by atoms with Gasteiger partial charge in [0.15, 0.2) is 0 Å². The zero-order chi connectivity index (χ0) is 23.6. The smallest absolute Gasteiger partial charge is 0.323 e. The number of anilines is 1. The molecule has 33 heavy (non-hydrogen) atoms. The normalized spacial score (nSPS) is 16.1. The van der Waals surface area contributed by atoms with E-state index in [1.807, 2.05) is 54.6 Å². The number of fused-ring (bicyclic) bond motifs is 1. The van der Waals surface area contributed by atoms with Gasteiger partial charge in [0.2, 0.25) is 5.91 Å². The second-order valence-corrected chi connectivity index (χ2v) is 7.93. The molecule has 7 nitrogen and oxygen atoms in total. The number of benzene rings is 2. The van der Waals surface area contributed by atoms with Crippen LogP contribution in [0.3, 0.4) is 0 Å². The summed E-state index contributed by atoms with van der Waals surface area (Å²) in [6, 6.07) is 16.4. The maximum atomic E-state index is 13.4. The maximum Gasteiger partial charge on any atom is 0.323 e. The number of esters is 2. The number of rotatable bonds is 11. The van der Waals surface area contributed by atoms with Crippen LogP contribution in [-0.2, 0) is 36.7 Å². The summed E-state index contributed by atoms with van der Waals surface area (Å²) in [6.07, 6.45) is 1.76. The number of nitrogens with one attached hydrogen (secondary N) is 1. The average Bonchev–Trinajstić information content (AvgIpc) is 2.82. The van der Waals surface area contributed by atoms with Crippen LogP contribution in [0.15, 0.2) is 54.6 Å². The van der Waals surface area contributed by atoms with Crippen LogP contribution >= 0.6 is 0 Å². The molecule has 176 valence electrons. The van der Waals surface area contributed by atoms with Gasteiger partial charge in [0, 0.05) is 12.2 Å². The van der Waals surface area contributed by atoms with Gasteiger partial charge >= 0.3 is 11.9 Å². The Morgan fingerprint density at radius 1 is 1.03 bits per heavy atom. The van der Waals surface area contributed by atoms with Crippen molar-refractivity contribution in [2.24, 2.45) is 0 Å². The highest BCUT2D eigenvalue weighted by Gasteiger charge is 2.35. The molecule has 1 N–H and O–H groups in total. The van der Waals surface area contributed by atoms with E-state index in [2.05, 4.69) is 5.32 Å². The summed E-state index contributed by atoms with van der Waals surface area (Å²) in [5.74, 6) is -0.865. The van der Waals surface area contributed by atoms with Gasteiger partial charge < -0.3 is 14.4 Å². The summed E-state index contributed by atoms with van der Waals surface area (Å²) in [4.78, 5) is 39.6. The Hall–Kier alpha value is -3.19. The van der Waals surface area contributed by atoms with Crippen molar-refractivity contribution in [1.82, 2.24) is 5.32 Å². The topological polar surface area (TPSA) is 84.9 Å². The van der Waals surface area contributed by atoms with Crippen LogP contribution in [0.1, 0.15) is 37.8 Å². The average molecular weight is 453 g/mol. The Morgan fingerprint density at radius 3 is 2.45 bits per heavy atom. The molecular formula is C26H32N2O5. The molecule has 0 aliphatic carbocycles. The summed E-state index contributed by atoms with van der Waals surface area (Å²) in [6.45, 7) is 4.32. The Morgan fingerprint density at radius 2 is 1.73 bits per heavy atom. The molecule has 2 aromatic rings. The van der Waals surface area contributed by atoms with Crippen molar-refractivity contribution >= 4 is 23.5 Å². The lowest BCUT2D eigenvalue weighted by molar-refractivity contribution is -0.146. The van der Waals surface area contributed by atoms with Gasteiger partial charge in [0.05, 0.1) is 25.7 Å². The van der Waals surface area contributed by atoms with Gasteiger partial charge in [-0.25, -0.2) is 0 Å². The van der Waals surface area contributed by atoms with Crippen LogP contribution in [0.5, 0.6) is 0 Å². The number of hydrogen-bond acceptors (Lipinski definition) is 6. The van der Waals surface area contributed by atoms with Gasteiger partial charge in [-0.1, -0.05) is 48.5 Å².